The van der Waals surface area contributed by atoms with E-state index in [0.717, 1.165) is 5.69 Å². The van der Waals surface area contributed by atoms with Gasteiger partial charge in [-0.2, -0.15) is 18.2 Å². The van der Waals surface area contributed by atoms with E-state index in [-0.39, 0.29) is 48.0 Å². The van der Waals surface area contributed by atoms with Crippen molar-refractivity contribution in [1.82, 2.24) is 10.1 Å². The zero-order valence-electron chi connectivity index (χ0n) is 23.2. The van der Waals surface area contributed by atoms with E-state index in [9.17, 15) is 14.0 Å². The third-order valence-corrected chi connectivity index (χ3v) is 5.82. The molecule has 225 valence electrons. The smallest absolute Gasteiger partial charge is 0.238 e. The first-order chi connectivity index (χ1) is 19.0. The van der Waals surface area contributed by atoms with E-state index < -0.39 is 11.8 Å². The summed E-state index contributed by atoms with van der Waals surface area (Å²) in [6.07, 6.45) is 2.22. The average Bonchev–Trinajstić information content (AvgIpc) is 3.30. The Kier molecular flexibility index (Phi) is 12.5. The van der Waals surface area contributed by atoms with E-state index in [4.69, 9.17) is 39.6 Å². The molecule has 0 bridgehead atoms. The monoisotopic (exact) mass is 826 g/mol. The van der Waals surface area contributed by atoms with Crippen molar-refractivity contribution in [2.75, 3.05) is 0 Å². The number of halogens is 2. The first kappa shape index (κ1) is 34.4. The van der Waals surface area contributed by atoms with Crippen LogP contribution in [0.1, 0.15) is 37.2 Å². The van der Waals surface area contributed by atoms with Crippen molar-refractivity contribution >= 4 is 45.7 Å². The second kappa shape index (κ2) is 15.2. The molecule has 5 N–H and O–H groups in total. The fraction of sp³-hybridized carbons (Fsp3) is 0.161. The molecular formula is C31H30ClEsFN5O3-3. The van der Waals surface area contributed by atoms with Gasteiger partial charge < -0.3 is 33.6 Å². The van der Waals surface area contributed by atoms with Crippen LogP contribution in [0.3, 0.4) is 0 Å². The number of pyridine rings is 1. The van der Waals surface area contributed by atoms with Gasteiger partial charge in [-0.1, -0.05) is 42.2 Å². The Bertz CT molecular complexity index is 1590. The summed E-state index contributed by atoms with van der Waals surface area (Å²) in [4.78, 5) is 28.5. The van der Waals surface area contributed by atoms with Gasteiger partial charge in [0.05, 0.1) is 10.7 Å². The largest absolute Gasteiger partial charge is 0.418 e. The van der Waals surface area contributed by atoms with Crippen LogP contribution < -0.4 is 11.5 Å². The normalized spacial score (nSPS) is 10.9. The number of fused-ring (bicyclic) bond motifs is 1. The molecule has 0 saturated heterocycles. The Hall–Kier alpha value is -5.63. The van der Waals surface area contributed by atoms with Gasteiger partial charge in [-0.05, 0) is 36.6 Å². The summed E-state index contributed by atoms with van der Waals surface area (Å²) in [5.74, 6) is -1.96. The second-order valence-corrected chi connectivity index (χ2v) is 9.61. The van der Waals surface area contributed by atoms with Crippen LogP contribution in [0.2, 0.25) is 5.02 Å². The third kappa shape index (κ3) is 8.69. The number of hydrogen-bond acceptors (Lipinski definition) is 6. The van der Waals surface area contributed by atoms with Crippen LogP contribution in [0.15, 0.2) is 76.5 Å². The summed E-state index contributed by atoms with van der Waals surface area (Å²) in [6, 6.07) is 17.0. The molecule has 2 aromatic heterocycles. The van der Waals surface area contributed by atoms with E-state index in [0.29, 0.717) is 33.7 Å². The number of nitrogens with two attached hydrogens (primary N) is 2. The van der Waals surface area contributed by atoms with Gasteiger partial charge >= 0.3 is 0 Å². The summed E-state index contributed by atoms with van der Waals surface area (Å²) in [7, 11) is 0. The van der Waals surface area contributed by atoms with E-state index >= 15 is 0 Å². The summed E-state index contributed by atoms with van der Waals surface area (Å²) in [6.45, 7) is 9.77. The molecule has 0 spiro atoms. The number of nitrogens with one attached hydrogen (secondary N) is 1. The average molecular weight is 827 g/mol. The van der Waals surface area contributed by atoms with E-state index in [2.05, 4.69) is 16.2 Å². The predicted octanol–water partition coefficient (Wildman–Crippen LogP) is 5.69. The quantitative estimate of drug-likeness (QED) is 0.0859. The predicted molar refractivity (Wildman–Crippen MR) is 158 cm³/mol. The van der Waals surface area contributed by atoms with Crippen LogP contribution >= 0.6 is 11.6 Å². The molecule has 4 aromatic rings. The molecule has 0 aliphatic rings. The molecule has 2 aromatic carbocycles. The maximum Gasteiger partial charge on any atom is 0.238 e. The van der Waals surface area contributed by atoms with Gasteiger partial charge in [0.15, 0.2) is 5.58 Å². The standard InChI is InChI=1S/C24H23ClN5O3.C6H4F.CH3.Es/c1-12(2)8-18(26)22(24(28)32)21(13(3)23(27)31)14-4-7-17-19(30-33-20(17)9-14)10-16-6-5-15(25)11-29-16;7-6-4-2-1-3-5-6;;/h3-7,9,11-12,26H,8,10H2,1-2H3,(H2,27,31)(H2,28,32);2-5H;1H3;/q3*-1;/b22-21-,26-18?;;;. The molecule has 42 heavy (non-hydrogen) atoms. The number of benzene rings is 2. The minimum atomic E-state index is -0.937. The van der Waals surface area contributed by atoms with Gasteiger partial charge in [0.1, 0.15) is 5.91 Å². The molecule has 0 unspecified atom stereocenters. The van der Waals surface area contributed by atoms with E-state index in [1.165, 1.54) is 24.3 Å². The third-order valence-electron chi connectivity index (χ3n) is 5.60. The van der Waals surface area contributed by atoms with Crippen molar-refractivity contribution < 1.29 is 18.5 Å². The number of aromatic nitrogens is 2. The van der Waals surface area contributed by atoms with E-state index in [1.807, 2.05) is 13.8 Å². The van der Waals surface area contributed by atoms with Gasteiger partial charge in [0, 0.05) is 40.8 Å². The van der Waals surface area contributed by atoms with Crippen molar-refractivity contribution in [3.63, 3.8) is 0 Å². The molecule has 0 saturated carbocycles. The number of carbonyl (C=O) groups is 2. The van der Waals surface area contributed by atoms with Crippen molar-refractivity contribution in [3.8, 4) is 0 Å². The molecule has 1 radical (unpaired) electrons. The number of nitrogens with zero attached hydrogens (tertiary/aromatic N) is 2. The second-order valence-electron chi connectivity index (χ2n) is 9.17. The van der Waals surface area contributed by atoms with Crippen LogP contribution in [0.4, 0.5) is 4.39 Å². The Morgan fingerprint density at radius 1 is 1.12 bits per heavy atom. The van der Waals surface area contributed by atoms with E-state index in [1.54, 1.807) is 36.5 Å². The Morgan fingerprint density at radius 3 is 2.29 bits per heavy atom. The Morgan fingerprint density at radius 2 is 1.79 bits per heavy atom. The summed E-state index contributed by atoms with van der Waals surface area (Å²) in [5.41, 5.74) is 12.6. The number of rotatable bonds is 9. The SMILES string of the molecule is Fc1cc[c-]cc1.[CH-]=C(C(N)=O)/C(=C(\C(=N)CC(C)C)C(N)=O)c1ccc2c(Cc3ccc(Cl)cn3)noc2c1.[CH3-].[Es]. The topological polar surface area (TPSA) is 149 Å². The summed E-state index contributed by atoms with van der Waals surface area (Å²) < 4.78 is 17.4. The first-order valence-corrected chi connectivity index (χ1v) is 12.5. The molecule has 0 aliphatic carbocycles. The van der Waals surface area contributed by atoms with Gasteiger partial charge in [-0.25, -0.2) is 11.0 Å². The minimum absolute atomic E-state index is 0. The molecule has 0 aliphatic heterocycles. The number of carbonyl (C=O) groups excluding carboxylic acids is 2. The van der Waals surface area contributed by atoms with Crippen molar-refractivity contribution in [2.45, 2.75) is 26.7 Å². The van der Waals surface area contributed by atoms with Crippen molar-refractivity contribution in [3.05, 3.63) is 120 Å². The molecule has 0 atom stereocenters. The number of primary amides is 2. The summed E-state index contributed by atoms with van der Waals surface area (Å²) in [5, 5.41) is 13.8. The van der Waals surface area contributed by atoms with Gasteiger partial charge in [0.25, 0.3) is 0 Å². The molecule has 0 fully saturated rings. The molecule has 2 heterocycles. The summed E-state index contributed by atoms with van der Waals surface area (Å²) >= 11 is 5.89. The molecule has 11 heteroatoms. The molecule has 8 nitrogen and oxygen atoms in total. The van der Waals surface area contributed by atoms with Gasteiger partial charge in [-0.15, -0.1) is 23.3 Å². The van der Waals surface area contributed by atoms with Crippen LogP contribution in [-0.4, -0.2) is 27.7 Å². The Labute approximate surface area is 243 Å². The van der Waals surface area contributed by atoms with Crippen molar-refractivity contribution in [2.24, 2.45) is 17.4 Å². The number of amides is 2. The van der Waals surface area contributed by atoms with Gasteiger partial charge in [0.2, 0.25) is 5.91 Å². The van der Waals surface area contributed by atoms with Crippen molar-refractivity contribution in [1.29, 1.82) is 5.41 Å². The van der Waals surface area contributed by atoms with Crippen LogP contribution in [0.25, 0.3) is 16.5 Å². The van der Waals surface area contributed by atoms with Gasteiger partial charge in [-0.3, -0.25) is 9.78 Å². The number of hydrogen-bond donors (Lipinski definition) is 3. The molecular weight excluding hydrogens is 797 g/mol. The molecule has 2 amide bonds. The van der Waals surface area contributed by atoms with Crippen LogP contribution in [0.5, 0.6) is 0 Å². The van der Waals surface area contributed by atoms with Crippen LogP contribution in [0, 0.1) is 37.2 Å². The maximum absolute atomic E-state index is 12.3. The maximum atomic E-state index is 12.3. The zero-order chi connectivity index (χ0) is 29.4. The first-order valence-electron chi connectivity index (χ1n) is 12.1. The van der Waals surface area contributed by atoms with Crippen LogP contribution in [-0.2, 0) is 16.0 Å². The fourth-order valence-corrected chi connectivity index (χ4v) is 3.92. The fourth-order valence-electron chi connectivity index (χ4n) is 3.81. The zero-order valence-corrected chi connectivity index (χ0v) is 26.4. The minimum Gasteiger partial charge on any atom is -0.418 e. The Balaban J connectivity index is 0.000000859. The molecule has 4 rings (SSSR count).